The molecule has 4 aliphatic rings. The molecular formula is C32H35FN8O4. The second-order valence-corrected chi connectivity index (χ2v) is 12.0. The summed E-state index contributed by atoms with van der Waals surface area (Å²) in [6.45, 7) is 3.27. The monoisotopic (exact) mass is 614 g/mol. The lowest BCUT2D eigenvalue weighted by atomic mass is 10.0. The number of hydrogen-bond donors (Lipinski definition) is 3. The smallest absolute Gasteiger partial charge is 0.272 e. The number of amidine groups is 1. The fourth-order valence-corrected chi connectivity index (χ4v) is 6.33. The van der Waals surface area contributed by atoms with Gasteiger partial charge in [0.05, 0.1) is 18.6 Å². The molecule has 45 heavy (non-hydrogen) atoms. The van der Waals surface area contributed by atoms with Crippen LogP contribution >= 0.6 is 0 Å². The average molecular weight is 615 g/mol. The average Bonchev–Trinajstić information content (AvgIpc) is 3.91. The fourth-order valence-electron chi connectivity index (χ4n) is 6.33. The Morgan fingerprint density at radius 1 is 1.04 bits per heavy atom. The summed E-state index contributed by atoms with van der Waals surface area (Å²) in [4.78, 5) is 47.1. The van der Waals surface area contributed by atoms with E-state index in [2.05, 4.69) is 15.8 Å². The number of nitrogens with two attached hydrogens (primary N) is 1. The van der Waals surface area contributed by atoms with Crippen LogP contribution < -0.4 is 22.0 Å². The van der Waals surface area contributed by atoms with E-state index in [-0.39, 0.29) is 34.4 Å². The maximum Gasteiger partial charge on any atom is 0.272 e. The second-order valence-electron chi connectivity index (χ2n) is 12.0. The number of ether oxygens (including phenoxy) is 1. The fraction of sp³-hybridized carbons (Fsp3) is 0.406. The van der Waals surface area contributed by atoms with Crippen LogP contribution in [0.1, 0.15) is 53.6 Å². The molecule has 12 nitrogen and oxygen atoms in total. The summed E-state index contributed by atoms with van der Waals surface area (Å²) in [6, 6.07) is 12.0. The van der Waals surface area contributed by atoms with Crippen molar-refractivity contribution >= 4 is 39.8 Å². The number of halogens is 1. The number of carbonyl (C=O) groups is 2. The molecule has 0 radical (unpaired) electrons. The zero-order chi connectivity index (χ0) is 31.1. The van der Waals surface area contributed by atoms with Crippen LogP contribution in [-0.4, -0.2) is 83.4 Å². The van der Waals surface area contributed by atoms with Crippen LogP contribution in [0.5, 0.6) is 0 Å². The SMILES string of the molecule is NC(=O)C1=NNC(N2CCC[C@@H](n3ccc4cc(C5CC5)cc(F)c4c3=O)C2)N=C1Nc1ccc(C(=O)N2CCOCC2)cc1. The molecule has 0 spiro atoms. The summed E-state index contributed by atoms with van der Waals surface area (Å²) in [7, 11) is 0. The lowest BCUT2D eigenvalue weighted by molar-refractivity contribution is -0.111. The number of primary amides is 1. The van der Waals surface area contributed by atoms with Gasteiger partial charge in [0.1, 0.15) is 5.82 Å². The second kappa shape index (κ2) is 12.1. The third-order valence-corrected chi connectivity index (χ3v) is 8.92. The molecular weight excluding hydrogens is 579 g/mol. The molecule has 0 bridgehead atoms. The van der Waals surface area contributed by atoms with E-state index in [4.69, 9.17) is 15.5 Å². The molecule has 2 saturated heterocycles. The van der Waals surface area contributed by atoms with Gasteiger partial charge in [-0.25, -0.2) is 9.38 Å². The first-order valence-corrected chi connectivity index (χ1v) is 15.4. The molecule has 2 atom stereocenters. The number of morpholine rings is 1. The number of nitrogens with one attached hydrogen (secondary N) is 2. The first kappa shape index (κ1) is 29.1. The number of hydrogen-bond acceptors (Lipinski definition) is 9. The van der Waals surface area contributed by atoms with E-state index in [0.717, 1.165) is 31.2 Å². The number of nitrogens with zero attached hydrogens (tertiary/aromatic N) is 5. The van der Waals surface area contributed by atoms with E-state index in [0.29, 0.717) is 61.9 Å². The number of aliphatic imine (C=N–C) groups is 1. The van der Waals surface area contributed by atoms with Crippen LogP contribution in [0.4, 0.5) is 10.1 Å². The molecule has 3 aromatic rings. The molecule has 7 rings (SSSR count). The highest BCUT2D eigenvalue weighted by atomic mass is 19.1. The van der Waals surface area contributed by atoms with Crippen molar-refractivity contribution in [1.29, 1.82) is 0 Å². The molecule has 2 amide bonds. The molecule has 1 aromatic heterocycles. The Morgan fingerprint density at radius 2 is 1.82 bits per heavy atom. The Balaban J connectivity index is 1.08. The lowest BCUT2D eigenvalue weighted by Gasteiger charge is -2.38. The third-order valence-electron chi connectivity index (χ3n) is 8.92. The number of likely N-dealkylation sites (tertiary alicyclic amines) is 1. The van der Waals surface area contributed by atoms with Gasteiger partial charge in [-0.1, -0.05) is 6.07 Å². The van der Waals surface area contributed by atoms with E-state index < -0.39 is 18.0 Å². The van der Waals surface area contributed by atoms with Gasteiger partial charge in [-0.2, -0.15) is 5.10 Å². The lowest BCUT2D eigenvalue weighted by Crippen LogP contribution is -2.53. The van der Waals surface area contributed by atoms with Crippen molar-refractivity contribution in [2.75, 3.05) is 44.7 Å². The topological polar surface area (TPSA) is 147 Å². The minimum absolute atomic E-state index is 0.0555. The van der Waals surface area contributed by atoms with Gasteiger partial charge in [-0.05, 0) is 78.9 Å². The Morgan fingerprint density at radius 3 is 2.56 bits per heavy atom. The van der Waals surface area contributed by atoms with Gasteiger partial charge in [0.15, 0.2) is 17.8 Å². The largest absolute Gasteiger partial charge is 0.378 e. The van der Waals surface area contributed by atoms with Crippen LogP contribution in [0.2, 0.25) is 0 Å². The van der Waals surface area contributed by atoms with Gasteiger partial charge in [0, 0.05) is 49.7 Å². The molecule has 13 heteroatoms. The van der Waals surface area contributed by atoms with Crippen molar-refractivity contribution in [3.63, 3.8) is 0 Å². The van der Waals surface area contributed by atoms with Gasteiger partial charge >= 0.3 is 0 Å². The molecule has 1 saturated carbocycles. The number of rotatable bonds is 6. The zero-order valence-electron chi connectivity index (χ0n) is 24.7. The van der Waals surface area contributed by atoms with Crippen molar-refractivity contribution in [2.24, 2.45) is 15.8 Å². The summed E-state index contributed by atoms with van der Waals surface area (Å²) in [6.07, 6.45) is 4.77. The van der Waals surface area contributed by atoms with Gasteiger partial charge in [0.2, 0.25) is 0 Å². The van der Waals surface area contributed by atoms with Gasteiger partial charge in [0.25, 0.3) is 17.4 Å². The van der Waals surface area contributed by atoms with E-state index in [1.807, 2.05) is 17.0 Å². The summed E-state index contributed by atoms with van der Waals surface area (Å²) in [5.41, 5.74) is 10.2. The normalized spacial score (nSPS) is 22.4. The first-order chi connectivity index (χ1) is 21.9. The Kier molecular flexibility index (Phi) is 7.80. The molecule has 1 unspecified atom stereocenters. The number of pyridine rings is 1. The number of benzene rings is 2. The first-order valence-electron chi connectivity index (χ1n) is 15.4. The van der Waals surface area contributed by atoms with Gasteiger partial charge in [-0.15, -0.1) is 0 Å². The van der Waals surface area contributed by atoms with Crippen LogP contribution in [0.3, 0.4) is 0 Å². The Labute approximate surface area is 258 Å². The minimum atomic E-state index is -0.752. The Hall–Kier alpha value is -4.62. The van der Waals surface area contributed by atoms with E-state index in [9.17, 15) is 14.4 Å². The van der Waals surface area contributed by atoms with E-state index >= 15 is 4.39 Å². The molecule has 3 aliphatic heterocycles. The highest BCUT2D eigenvalue weighted by Crippen LogP contribution is 2.41. The quantitative estimate of drug-likeness (QED) is 0.386. The zero-order valence-corrected chi connectivity index (χ0v) is 24.7. The number of aromatic nitrogens is 1. The number of piperidine rings is 1. The molecule has 1 aliphatic carbocycles. The van der Waals surface area contributed by atoms with Gasteiger partial charge < -0.3 is 25.3 Å². The summed E-state index contributed by atoms with van der Waals surface area (Å²) in [5, 5.41) is 8.11. The van der Waals surface area contributed by atoms with Crippen molar-refractivity contribution in [3.8, 4) is 0 Å². The highest BCUT2D eigenvalue weighted by molar-refractivity contribution is 6.68. The summed E-state index contributed by atoms with van der Waals surface area (Å²) in [5.74, 6) is -0.709. The summed E-state index contributed by atoms with van der Waals surface area (Å²) >= 11 is 0. The Bertz CT molecular complexity index is 1760. The van der Waals surface area contributed by atoms with E-state index in [1.165, 1.54) is 6.07 Å². The number of amides is 2. The van der Waals surface area contributed by atoms with Crippen LogP contribution in [0.25, 0.3) is 10.8 Å². The van der Waals surface area contributed by atoms with Crippen molar-refractivity contribution in [2.45, 2.75) is 43.9 Å². The molecule has 4 N–H and O–H groups in total. The predicted molar refractivity (Wildman–Crippen MR) is 168 cm³/mol. The number of anilines is 1. The highest BCUT2D eigenvalue weighted by Gasteiger charge is 2.32. The number of carbonyl (C=O) groups excluding carboxylic acids is 2. The van der Waals surface area contributed by atoms with Crippen LogP contribution in [-0.2, 0) is 9.53 Å². The van der Waals surface area contributed by atoms with Crippen molar-refractivity contribution in [3.05, 3.63) is 76.0 Å². The maximum atomic E-state index is 15.1. The van der Waals surface area contributed by atoms with E-state index in [1.54, 1.807) is 39.9 Å². The predicted octanol–water partition coefficient (Wildman–Crippen LogP) is 2.37. The third kappa shape index (κ3) is 5.92. The van der Waals surface area contributed by atoms with Crippen LogP contribution in [0.15, 0.2) is 63.5 Å². The molecule has 3 fully saturated rings. The van der Waals surface area contributed by atoms with Crippen LogP contribution in [0, 0.1) is 5.82 Å². The minimum Gasteiger partial charge on any atom is -0.378 e. The number of fused-ring (bicyclic) bond motifs is 1. The number of hydrazone groups is 1. The summed E-state index contributed by atoms with van der Waals surface area (Å²) < 4.78 is 22.1. The molecule has 2 aromatic carbocycles. The molecule has 4 heterocycles. The van der Waals surface area contributed by atoms with Crippen molar-refractivity contribution < 1.29 is 18.7 Å². The van der Waals surface area contributed by atoms with Crippen molar-refractivity contribution in [1.82, 2.24) is 19.8 Å². The maximum absolute atomic E-state index is 15.1. The molecule has 234 valence electrons. The van der Waals surface area contributed by atoms with Gasteiger partial charge in [-0.3, -0.25) is 24.7 Å². The standard InChI is InChI=1S/C32H35FN8O4/c33-25-17-22(19-3-4-19)16-21-9-11-41(31(44)26(21)25)24-2-1-10-40(18-24)32-36-29(27(28(34)42)37-38-32)35-23-7-5-20(6-8-23)30(43)39-12-14-45-15-13-39/h5-9,11,16-17,19,24,32,38H,1-4,10,12-15,18H2,(H2,34,42)(H,35,36)/t24-,32?/m1/s1.